The van der Waals surface area contributed by atoms with Gasteiger partial charge in [0.1, 0.15) is 6.54 Å². The fourth-order valence-corrected chi connectivity index (χ4v) is 2.49. The van der Waals surface area contributed by atoms with Gasteiger partial charge in [-0.2, -0.15) is 0 Å². The quantitative estimate of drug-likeness (QED) is 0.830. The summed E-state index contributed by atoms with van der Waals surface area (Å²) >= 11 is 0. The second-order valence-electron chi connectivity index (χ2n) is 5.27. The van der Waals surface area contributed by atoms with Crippen LogP contribution in [0.2, 0.25) is 0 Å². The molecule has 1 fully saturated rings. The van der Waals surface area contributed by atoms with E-state index in [4.69, 9.17) is 0 Å². The minimum atomic E-state index is -0.651. The van der Waals surface area contributed by atoms with Crippen LogP contribution in [0, 0.1) is 0 Å². The standard InChI is InChI=1S/C15H17N3O3/c1-2-17-11-5-3-4-6-12(11)18(15(21)14(17)20)9-13(19)16-10-7-8-10/h3-6,10H,2,7-9H2,1H3,(H,16,19). The van der Waals surface area contributed by atoms with Crippen LogP contribution in [-0.2, 0) is 17.9 Å². The molecule has 6 nitrogen and oxygen atoms in total. The van der Waals surface area contributed by atoms with Crippen molar-refractivity contribution in [3.05, 3.63) is 45.0 Å². The van der Waals surface area contributed by atoms with E-state index in [1.807, 2.05) is 13.0 Å². The molecular weight excluding hydrogens is 270 g/mol. The van der Waals surface area contributed by atoms with Crippen LogP contribution >= 0.6 is 0 Å². The van der Waals surface area contributed by atoms with Gasteiger partial charge in [0.05, 0.1) is 11.0 Å². The molecule has 0 radical (unpaired) electrons. The van der Waals surface area contributed by atoms with Gasteiger partial charge in [-0.25, -0.2) is 0 Å². The molecule has 1 aliphatic carbocycles. The highest BCUT2D eigenvalue weighted by Gasteiger charge is 2.24. The van der Waals surface area contributed by atoms with E-state index < -0.39 is 11.1 Å². The average Bonchev–Trinajstić information content (AvgIpc) is 3.28. The van der Waals surface area contributed by atoms with Gasteiger partial charge >= 0.3 is 11.1 Å². The van der Waals surface area contributed by atoms with Crippen LogP contribution in [-0.4, -0.2) is 21.1 Å². The number of hydrogen-bond acceptors (Lipinski definition) is 3. The molecule has 0 unspecified atom stereocenters. The highest BCUT2D eigenvalue weighted by atomic mass is 16.2. The van der Waals surface area contributed by atoms with Crippen LogP contribution in [0.15, 0.2) is 33.9 Å². The van der Waals surface area contributed by atoms with E-state index >= 15 is 0 Å². The number of para-hydroxylation sites is 2. The highest BCUT2D eigenvalue weighted by Crippen LogP contribution is 2.18. The summed E-state index contributed by atoms with van der Waals surface area (Å²) in [5, 5.41) is 2.83. The fraction of sp³-hybridized carbons (Fsp3) is 0.400. The third-order valence-corrected chi connectivity index (χ3v) is 3.70. The number of fused-ring (bicyclic) bond motifs is 1. The second-order valence-corrected chi connectivity index (χ2v) is 5.27. The molecule has 1 aromatic carbocycles. The molecular formula is C15H17N3O3. The fourth-order valence-electron chi connectivity index (χ4n) is 2.49. The molecule has 0 spiro atoms. The number of hydrogen-bond donors (Lipinski definition) is 1. The lowest BCUT2D eigenvalue weighted by Crippen LogP contribution is -2.44. The molecule has 0 aliphatic heterocycles. The zero-order valence-electron chi connectivity index (χ0n) is 11.8. The van der Waals surface area contributed by atoms with Gasteiger partial charge in [0, 0.05) is 12.6 Å². The van der Waals surface area contributed by atoms with E-state index in [2.05, 4.69) is 5.32 Å². The van der Waals surface area contributed by atoms with Crippen molar-refractivity contribution in [2.24, 2.45) is 0 Å². The molecule has 1 saturated carbocycles. The molecule has 3 rings (SSSR count). The van der Waals surface area contributed by atoms with Crippen molar-refractivity contribution >= 4 is 16.9 Å². The number of aromatic nitrogens is 2. The second kappa shape index (κ2) is 5.20. The Hall–Kier alpha value is -2.37. The molecule has 110 valence electrons. The Morgan fingerprint density at radius 3 is 2.29 bits per heavy atom. The van der Waals surface area contributed by atoms with E-state index in [1.165, 1.54) is 9.13 Å². The molecule has 1 aromatic heterocycles. The van der Waals surface area contributed by atoms with Gasteiger partial charge in [-0.3, -0.25) is 19.0 Å². The Bertz CT molecular complexity index is 815. The minimum Gasteiger partial charge on any atom is -0.352 e. The number of rotatable bonds is 4. The molecule has 6 heteroatoms. The molecule has 0 atom stereocenters. The maximum Gasteiger partial charge on any atom is 0.317 e. The van der Waals surface area contributed by atoms with Gasteiger partial charge in [-0.15, -0.1) is 0 Å². The molecule has 0 bridgehead atoms. The van der Waals surface area contributed by atoms with Crippen molar-refractivity contribution in [3.63, 3.8) is 0 Å². The Kier molecular flexibility index (Phi) is 3.37. The Morgan fingerprint density at radius 1 is 1.14 bits per heavy atom. The SMILES string of the molecule is CCn1c(=O)c(=O)n(CC(=O)NC2CC2)c2ccccc21. The third kappa shape index (κ3) is 2.49. The minimum absolute atomic E-state index is 0.115. The number of nitrogens with zero attached hydrogens (tertiary/aromatic N) is 2. The number of carbonyl (C=O) groups excluding carboxylic acids is 1. The average molecular weight is 287 g/mol. The summed E-state index contributed by atoms with van der Waals surface area (Å²) in [6, 6.07) is 7.38. The van der Waals surface area contributed by atoms with Gasteiger partial charge < -0.3 is 9.88 Å². The summed E-state index contributed by atoms with van der Waals surface area (Å²) in [6.45, 7) is 2.12. The molecule has 0 saturated heterocycles. The maximum atomic E-state index is 12.2. The Labute approximate surface area is 121 Å². The van der Waals surface area contributed by atoms with E-state index in [0.29, 0.717) is 17.6 Å². The van der Waals surface area contributed by atoms with Crippen molar-refractivity contribution < 1.29 is 4.79 Å². The lowest BCUT2D eigenvalue weighted by atomic mass is 10.2. The monoisotopic (exact) mass is 287 g/mol. The van der Waals surface area contributed by atoms with Crippen molar-refractivity contribution in [2.75, 3.05) is 0 Å². The first-order valence-corrected chi connectivity index (χ1v) is 7.13. The van der Waals surface area contributed by atoms with Crippen molar-refractivity contribution in [3.8, 4) is 0 Å². The van der Waals surface area contributed by atoms with Gasteiger partial charge in [0.25, 0.3) is 0 Å². The van der Waals surface area contributed by atoms with Crippen LogP contribution in [0.5, 0.6) is 0 Å². The number of nitrogens with one attached hydrogen (secondary N) is 1. The summed E-state index contributed by atoms with van der Waals surface area (Å²) in [7, 11) is 0. The van der Waals surface area contributed by atoms with Crippen LogP contribution in [0.4, 0.5) is 0 Å². The summed E-state index contributed by atoms with van der Waals surface area (Å²) in [5.74, 6) is -0.224. The normalized spacial score (nSPS) is 14.3. The van der Waals surface area contributed by atoms with Crippen molar-refractivity contribution in [2.45, 2.75) is 38.9 Å². The Morgan fingerprint density at radius 2 is 1.71 bits per heavy atom. The van der Waals surface area contributed by atoms with E-state index in [0.717, 1.165) is 12.8 Å². The zero-order valence-corrected chi connectivity index (χ0v) is 11.8. The number of benzene rings is 1. The van der Waals surface area contributed by atoms with Gasteiger partial charge in [0.15, 0.2) is 0 Å². The highest BCUT2D eigenvalue weighted by molar-refractivity contribution is 5.80. The first kappa shape index (κ1) is 13.6. The predicted octanol–water partition coefficient (Wildman–Crippen LogP) is 0.462. The first-order valence-electron chi connectivity index (χ1n) is 7.13. The summed E-state index contributed by atoms with van der Waals surface area (Å²) in [6.07, 6.45) is 1.97. The topological polar surface area (TPSA) is 73.1 Å². The molecule has 2 aromatic rings. The van der Waals surface area contributed by atoms with Crippen molar-refractivity contribution in [1.29, 1.82) is 0 Å². The van der Waals surface area contributed by atoms with Gasteiger partial charge in [-0.1, -0.05) is 12.1 Å². The molecule has 1 N–H and O–H groups in total. The Balaban J connectivity index is 2.12. The number of amides is 1. The predicted molar refractivity (Wildman–Crippen MR) is 79.3 cm³/mol. The van der Waals surface area contributed by atoms with Crippen LogP contribution in [0.25, 0.3) is 11.0 Å². The van der Waals surface area contributed by atoms with Crippen LogP contribution < -0.4 is 16.4 Å². The zero-order chi connectivity index (χ0) is 15.0. The van der Waals surface area contributed by atoms with E-state index in [1.54, 1.807) is 18.2 Å². The molecule has 1 aliphatic rings. The largest absolute Gasteiger partial charge is 0.352 e. The summed E-state index contributed by atoms with van der Waals surface area (Å²) < 4.78 is 2.70. The molecule has 1 heterocycles. The smallest absolute Gasteiger partial charge is 0.317 e. The molecule has 1 amide bonds. The van der Waals surface area contributed by atoms with Gasteiger partial charge in [-0.05, 0) is 31.9 Å². The summed E-state index contributed by atoms with van der Waals surface area (Å²) in [5.41, 5.74) is 0.0376. The van der Waals surface area contributed by atoms with E-state index in [-0.39, 0.29) is 18.5 Å². The third-order valence-electron chi connectivity index (χ3n) is 3.70. The van der Waals surface area contributed by atoms with Crippen molar-refractivity contribution in [1.82, 2.24) is 14.5 Å². The van der Waals surface area contributed by atoms with Gasteiger partial charge in [0.2, 0.25) is 5.91 Å². The van der Waals surface area contributed by atoms with Crippen LogP contribution in [0.1, 0.15) is 19.8 Å². The number of carbonyl (C=O) groups is 1. The number of aryl methyl sites for hydroxylation is 1. The van der Waals surface area contributed by atoms with Crippen LogP contribution in [0.3, 0.4) is 0 Å². The van der Waals surface area contributed by atoms with E-state index in [9.17, 15) is 14.4 Å². The molecule has 21 heavy (non-hydrogen) atoms. The first-order chi connectivity index (χ1) is 10.1. The summed E-state index contributed by atoms with van der Waals surface area (Å²) in [4.78, 5) is 36.3. The maximum absolute atomic E-state index is 12.2. The lowest BCUT2D eigenvalue weighted by molar-refractivity contribution is -0.121. The lowest BCUT2D eigenvalue weighted by Gasteiger charge is -2.13.